The number of hydrogen-bond acceptors (Lipinski definition) is 3. The van der Waals surface area contributed by atoms with Crippen molar-refractivity contribution in [1.82, 2.24) is 20.8 Å². The monoisotopic (exact) mass is 334 g/mol. The number of amides is 2. The highest BCUT2D eigenvalue weighted by Gasteiger charge is 2.12. The third-order valence-corrected chi connectivity index (χ3v) is 3.87. The highest BCUT2D eigenvalue weighted by atomic mass is 19.1. The molecule has 1 heterocycles. The Kier molecular flexibility index (Phi) is 6.17. The molecule has 1 aromatic heterocycles. The zero-order valence-electron chi connectivity index (χ0n) is 14.1. The first-order chi connectivity index (χ1) is 11.5. The van der Waals surface area contributed by atoms with Gasteiger partial charge in [0.05, 0.1) is 19.3 Å². The first-order valence-electron chi connectivity index (χ1n) is 7.88. The van der Waals surface area contributed by atoms with E-state index in [2.05, 4.69) is 20.8 Å². The van der Waals surface area contributed by atoms with Gasteiger partial charge >= 0.3 is 6.03 Å². The van der Waals surface area contributed by atoms with Crippen LogP contribution in [-0.4, -0.2) is 29.9 Å². The van der Waals surface area contributed by atoms with E-state index in [1.165, 1.54) is 13.2 Å². The molecule has 0 fully saturated rings. The van der Waals surface area contributed by atoms with Gasteiger partial charge in [0.25, 0.3) is 0 Å². The molecule has 24 heavy (non-hydrogen) atoms. The fourth-order valence-corrected chi connectivity index (χ4v) is 2.39. The average Bonchev–Trinajstić information content (AvgIpc) is 2.96. The minimum atomic E-state index is -0.445. The summed E-state index contributed by atoms with van der Waals surface area (Å²) in [6.45, 7) is 4.33. The van der Waals surface area contributed by atoms with E-state index in [-0.39, 0.29) is 17.8 Å². The second-order valence-corrected chi connectivity index (χ2v) is 5.64. The molecule has 1 atom stereocenters. The molecule has 3 N–H and O–H groups in total. The van der Waals surface area contributed by atoms with Gasteiger partial charge in [-0.25, -0.2) is 9.18 Å². The maximum atomic E-state index is 13.7. The van der Waals surface area contributed by atoms with Gasteiger partial charge < -0.3 is 15.4 Å². The molecule has 6 nitrogen and oxygen atoms in total. The number of methoxy groups -OCH3 is 1. The predicted octanol–water partition coefficient (Wildman–Crippen LogP) is 2.86. The molecule has 2 amide bonds. The number of rotatable bonds is 7. The second-order valence-electron chi connectivity index (χ2n) is 5.64. The number of aryl methyl sites for hydroxylation is 2. The van der Waals surface area contributed by atoms with Crippen LogP contribution in [0.25, 0.3) is 0 Å². The summed E-state index contributed by atoms with van der Waals surface area (Å²) in [5.74, 6) is -0.260. The third-order valence-electron chi connectivity index (χ3n) is 3.87. The van der Waals surface area contributed by atoms with Gasteiger partial charge in [-0.1, -0.05) is 6.07 Å². The quantitative estimate of drug-likeness (QED) is 0.681. The standard InChI is InChI=1S/C17H23FN4O2/c1-11(13-6-7-16(24-3)15(18)9-13)21-17(23)19-8-4-5-14-10-20-22-12(14)2/h6-7,9-11H,4-5,8H2,1-3H3,(H,20,22)(H2,19,21,23)/t11-/m0/s1. The lowest BCUT2D eigenvalue weighted by Crippen LogP contribution is -2.37. The summed E-state index contributed by atoms with van der Waals surface area (Å²) < 4.78 is 18.6. The molecule has 0 aliphatic heterocycles. The van der Waals surface area contributed by atoms with Gasteiger partial charge in [-0.05, 0) is 49.9 Å². The van der Waals surface area contributed by atoms with Crippen LogP contribution in [0.3, 0.4) is 0 Å². The third kappa shape index (κ3) is 4.71. The van der Waals surface area contributed by atoms with Gasteiger partial charge in [-0.15, -0.1) is 0 Å². The van der Waals surface area contributed by atoms with Gasteiger partial charge in [0, 0.05) is 12.2 Å². The van der Waals surface area contributed by atoms with Crippen LogP contribution in [-0.2, 0) is 6.42 Å². The molecule has 0 aliphatic rings. The summed E-state index contributed by atoms with van der Waals surface area (Å²) in [5.41, 5.74) is 2.88. The Morgan fingerprint density at radius 2 is 2.25 bits per heavy atom. The van der Waals surface area contributed by atoms with Crippen molar-refractivity contribution < 1.29 is 13.9 Å². The number of halogens is 1. The minimum absolute atomic E-state index is 0.185. The zero-order chi connectivity index (χ0) is 17.5. The Morgan fingerprint density at radius 3 is 2.88 bits per heavy atom. The summed E-state index contributed by atoms with van der Waals surface area (Å²) in [6.07, 6.45) is 3.47. The van der Waals surface area contributed by atoms with E-state index in [4.69, 9.17) is 4.74 Å². The Bertz CT molecular complexity index is 687. The fraction of sp³-hybridized carbons (Fsp3) is 0.412. The van der Waals surface area contributed by atoms with Gasteiger partial charge in [0.2, 0.25) is 0 Å². The summed E-state index contributed by atoms with van der Waals surface area (Å²) in [7, 11) is 1.41. The maximum Gasteiger partial charge on any atom is 0.315 e. The number of ether oxygens (including phenoxy) is 1. The van der Waals surface area contributed by atoms with Crippen molar-refractivity contribution in [2.75, 3.05) is 13.7 Å². The van der Waals surface area contributed by atoms with Crippen LogP contribution >= 0.6 is 0 Å². The highest BCUT2D eigenvalue weighted by Crippen LogP contribution is 2.21. The molecule has 0 unspecified atom stereocenters. The minimum Gasteiger partial charge on any atom is -0.494 e. The number of hydrogen-bond donors (Lipinski definition) is 3. The van der Waals surface area contributed by atoms with Crippen molar-refractivity contribution in [2.24, 2.45) is 0 Å². The summed E-state index contributed by atoms with van der Waals surface area (Å²) >= 11 is 0. The van der Waals surface area contributed by atoms with Gasteiger partial charge in [0.1, 0.15) is 0 Å². The van der Waals surface area contributed by atoms with E-state index in [1.54, 1.807) is 25.3 Å². The Labute approximate surface area is 140 Å². The van der Waals surface area contributed by atoms with Crippen LogP contribution in [0.2, 0.25) is 0 Å². The van der Waals surface area contributed by atoms with Crippen molar-refractivity contribution in [1.29, 1.82) is 0 Å². The fourth-order valence-electron chi connectivity index (χ4n) is 2.39. The summed E-state index contributed by atoms with van der Waals surface area (Å²) in [6, 6.07) is 4.07. The van der Waals surface area contributed by atoms with E-state index >= 15 is 0 Å². The van der Waals surface area contributed by atoms with E-state index in [0.717, 1.165) is 24.1 Å². The normalized spacial score (nSPS) is 11.8. The number of benzene rings is 1. The number of aromatic nitrogens is 2. The van der Waals surface area contributed by atoms with E-state index < -0.39 is 5.82 Å². The molecule has 0 radical (unpaired) electrons. The van der Waals surface area contributed by atoms with Crippen molar-refractivity contribution >= 4 is 6.03 Å². The van der Waals surface area contributed by atoms with Gasteiger partial charge in [-0.3, -0.25) is 5.10 Å². The van der Waals surface area contributed by atoms with Crippen molar-refractivity contribution in [3.8, 4) is 5.75 Å². The SMILES string of the molecule is COc1ccc([C@H](C)NC(=O)NCCCc2cn[nH]c2C)cc1F. The van der Waals surface area contributed by atoms with Crippen molar-refractivity contribution in [3.05, 3.63) is 47.0 Å². The van der Waals surface area contributed by atoms with E-state index in [0.29, 0.717) is 12.1 Å². The average molecular weight is 334 g/mol. The second kappa shape index (κ2) is 8.33. The number of nitrogens with zero attached hydrogens (tertiary/aromatic N) is 1. The first-order valence-corrected chi connectivity index (χ1v) is 7.88. The maximum absolute atomic E-state index is 13.7. The summed E-state index contributed by atoms with van der Waals surface area (Å²) in [5, 5.41) is 12.4. The molecule has 2 rings (SSSR count). The molecule has 0 saturated heterocycles. The number of carbonyl (C=O) groups excluding carboxylic acids is 1. The Balaban J connectivity index is 1.75. The number of urea groups is 1. The van der Waals surface area contributed by atoms with Gasteiger partial charge in [-0.2, -0.15) is 5.10 Å². The molecule has 0 spiro atoms. The lowest BCUT2D eigenvalue weighted by Gasteiger charge is -2.16. The molecular formula is C17H23FN4O2. The van der Waals surface area contributed by atoms with E-state index in [9.17, 15) is 9.18 Å². The Morgan fingerprint density at radius 1 is 1.46 bits per heavy atom. The number of nitrogens with one attached hydrogen (secondary N) is 3. The van der Waals surface area contributed by atoms with Crippen LogP contribution in [0.5, 0.6) is 5.75 Å². The molecule has 130 valence electrons. The molecule has 2 aromatic rings. The molecular weight excluding hydrogens is 311 g/mol. The molecule has 1 aromatic carbocycles. The highest BCUT2D eigenvalue weighted by molar-refractivity contribution is 5.74. The molecule has 0 aliphatic carbocycles. The van der Waals surface area contributed by atoms with Crippen LogP contribution in [0, 0.1) is 12.7 Å². The van der Waals surface area contributed by atoms with Crippen LogP contribution in [0.15, 0.2) is 24.4 Å². The first kappa shape index (κ1) is 17.8. The molecule has 0 bridgehead atoms. The Hall–Kier alpha value is -2.57. The number of H-pyrrole nitrogens is 1. The molecule has 0 saturated carbocycles. The summed E-state index contributed by atoms with van der Waals surface area (Å²) in [4.78, 5) is 11.9. The van der Waals surface area contributed by atoms with Crippen molar-refractivity contribution in [3.63, 3.8) is 0 Å². The topological polar surface area (TPSA) is 79.0 Å². The largest absolute Gasteiger partial charge is 0.494 e. The van der Waals surface area contributed by atoms with Gasteiger partial charge in [0.15, 0.2) is 11.6 Å². The smallest absolute Gasteiger partial charge is 0.315 e. The lowest BCUT2D eigenvalue weighted by molar-refractivity contribution is 0.238. The number of aromatic amines is 1. The van der Waals surface area contributed by atoms with Crippen LogP contribution in [0.1, 0.15) is 36.2 Å². The lowest BCUT2D eigenvalue weighted by atomic mass is 10.1. The number of carbonyl (C=O) groups is 1. The van der Waals surface area contributed by atoms with E-state index in [1.807, 2.05) is 6.92 Å². The molecule has 7 heteroatoms. The predicted molar refractivity (Wildman–Crippen MR) is 89.5 cm³/mol. The van der Waals surface area contributed by atoms with Crippen LogP contribution < -0.4 is 15.4 Å². The van der Waals surface area contributed by atoms with Crippen molar-refractivity contribution in [2.45, 2.75) is 32.7 Å². The zero-order valence-corrected chi connectivity index (χ0v) is 14.1. The van der Waals surface area contributed by atoms with Crippen LogP contribution in [0.4, 0.5) is 9.18 Å².